The molecule has 0 amide bonds. The van der Waals surface area contributed by atoms with Gasteiger partial charge in [-0.25, -0.2) is 4.98 Å². The summed E-state index contributed by atoms with van der Waals surface area (Å²) in [7, 11) is 0. The number of benzene rings is 2. The second-order valence-corrected chi connectivity index (χ2v) is 5.29. The molecule has 4 heteroatoms. The molecular formula is C14H12IN3. The monoisotopic (exact) mass is 349 g/mol. The lowest BCUT2D eigenvalue weighted by Crippen LogP contribution is -2.06. The van der Waals surface area contributed by atoms with Crippen molar-refractivity contribution in [3.05, 3.63) is 58.4 Å². The van der Waals surface area contributed by atoms with Gasteiger partial charge in [-0.1, -0.05) is 12.1 Å². The van der Waals surface area contributed by atoms with Gasteiger partial charge < -0.3 is 9.88 Å². The topological polar surface area (TPSA) is 29.9 Å². The Morgan fingerprint density at radius 2 is 1.83 bits per heavy atom. The van der Waals surface area contributed by atoms with E-state index in [-0.39, 0.29) is 0 Å². The van der Waals surface area contributed by atoms with Crippen molar-refractivity contribution in [2.75, 3.05) is 5.32 Å². The summed E-state index contributed by atoms with van der Waals surface area (Å²) in [6.07, 6.45) is 1.87. The highest BCUT2D eigenvalue weighted by atomic mass is 127. The molecule has 1 heterocycles. The lowest BCUT2D eigenvalue weighted by Gasteiger charge is -2.08. The Labute approximate surface area is 119 Å². The van der Waals surface area contributed by atoms with E-state index in [1.54, 1.807) is 0 Å². The first-order valence-electron chi connectivity index (χ1n) is 5.72. The molecule has 1 N–H and O–H groups in total. The van der Waals surface area contributed by atoms with Crippen LogP contribution in [0.2, 0.25) is 0 Å². The number of anilines is 1. The predicted molar refractivity (Wildman–Crippen MR) is 82.5 cm³/mol. The van der Waals surface area contributed by atoms with Crippen LogP contribution in [0.15, 0.2) is 54.9 Å². The molecule has 2 aromatic carbocycles. The summed E-state index contributed by atoms with van der Waals surface area (Å²) in [6, 6.07) is 16.5. The van der Waals surface area contributed by atoms with E-state index in [1.165, 1.54) is 3.57 Å². The normalized spacial score (nSPS) is 10.7. The number of aromatic nitrogens is 2. The Morgan fingerprint density at radius 3 is 2.67 bits per heavy atom. The van der Waals surface area contributed by atoms with Crippen LogP contribution in [-0.4, -0.2) is 9.55 Å². The summed E-state index contributed by atoms with van der Waals surface area (Å²) in [4.78, 5) is 4.37. The fraction of sp³-hybridized carbons (Fsp3) is 0.0714. The van der Waals surface area contributed by atoms with Crippen LogP contribution >= 0.6 is 22.6 Å². The molecule has 0 saturated carbocycles. The van der Waals surface area contributed by atoms with E-state index < -0.39 is 0 Å². The van der Waals surface area contributed by atoms with E-state index in [0.717, 1.165) is 23.4 Å². The van der Waals surface area contributed by atoms with Crippen LogP contribution in [-0.2, 0) is 6.67 Å². The highest BCUT2D eigenvalue weighted by Crippen LogP contribution is 2.14. The third-order valence-corrected chi connectivity index (χ3v) is 3.54. The molecular weight excluding hydrogens is 337 g/mol. The zero-order chi connectivity index (χ0) is 12.4. The minimum Gasteiger partial charge on any atom is -0.367 e. The molecule has 0 atom stereocenters. The summed E-state index contributed by atoms with van der Waals surface area (Å²) in [5.41, 5.74) is 3.30. The van der Waals surface area contributed by atoms with Crippen LogP contribution < -0.4 is 5.32 Å². The standard InChI is InChI=1S/C14H12IN3/c15-11-5-7-12(8-6-11)16-9-18-10-17-13-3-1-2-4-14(13)18/h1-8,10,16H,9H2. The van der Waals surface area contributed by atoms with E-state index in [2.05, 4.69) is 67.8 Å². The van der Waals surface area contributed by atoms with Gasteiger partial charge in [-0.2, -0.15) is 0 Å². The van der Waals surface area contributed by atoms with Gasteiger partial charge in [0.2, 0.25) is 0 Å². The molecule has 0 aliphatic rings. The Kier molecular flexibility index (Phi) is 3.19. The fourth-order valence-electron chi connectivity index (χ4n) is 1.88. The summed E-state index contributed by atoms with van der Waals surface area (Å²) < 4.78 is 3.35. The lowest BCUT2D eigenvalue weighted by molar-refractivity contribution is 0.800. The van der Waals surface area contributed by atoms with Crippen LogP contribution in [0.3, 0.4) is 0 Å². The molecule has 90 valence electrons. The molecule has 0 fully saturated rings. The first-order valence-corrected chi connectivity index (χ1v) is 6.80. The van der Waals surface area contributed by atoms with Gasteiger partial charge in [0.1, 0.15) is 0 Å². The molecule has 0 bridgehead atoms. The zero-order valence-electron chi connectivity index (χ0n) is 9.68. The molecule has 3 nitrogen and oxygen atoms in total. The van der Waals surface area contributed by atoms with Gasteiger partial charge in [0.15, 0.2) is 0 Å². The number of fused-ring (bicyclic) bond motifs is 1. The number of rotatable bonds is 3. The first-order chi connectivity index (χ1) is 8.83. The van der Waals surface area contributed by atoms with E-state index in [0.29, 0.717) is 0 Å². The van der Waals surface area contributed by atoms with Crippen LogP contribution in [0.4, 0.5) is 5.69 Å². The van der Waals surface area contributed by atoms with Gasteiger partial charge in [0.05, 0.1) is 24.0 Å². The number of nitrogens with one attached hydrogen (secondary N) is 1. The summed E-state index contributed by atoms with van der Waals surface area (Å²) in [5, 5.41) is 3.39. The molecule has 18 heavy (non-hydrogen) atoms. The second-order valence-electron chi connectivity index (χ2n) is 4.04. The second kappa shape index (κ2) is 4.97. The number of nitrogens with zero attached hydrogens (tertiary/aromatic N) is 2. The zero-order valence-corrected chi connectivity index (χ0v) is 11.8. The largest absolute Gasteiger partial charge is 0.367 e. The van der Waals surface area contributed by atoms with Crippen molar-refractivity contribution >= 4 is 39.3 Å². The maximum Gasteiger partial charge on any atom is 0.0973 e. The SMILES string of the molecule is Ic1ccc(NCn2cnc3ccccc32)cc1. The van der Waals surface area contributed by atoms with E-state index in [9.17, 15) is 0 Å². The van der Waals surface area contributed by atoms with Crippen LogP contribution in [0.1, 0.15) is 0 Å². The summed E-state index contributed by atoms with van der Waals surface area (Å²) in [5.74, 6) is 0. The average molecular weight is 349 g/mol. The minimum absolute atomic E-state index is 0.723. The minimum atomic E-state index is 0.723. The molecule has 0 spiro atoms. The predicted octanol–water partition coefficient (Wildman–Crippen LogP) is 3.71. The Balaban J connectivity index is 1.79. The summed E-state index contributed by atoms with van der Waals surface area (Å²) >= 11 is 2.30. The molecule has 0 aliphatic carbocycles. The Bertz CT molecular complexity index is 658. The van der Waals surface area contributed by atoms with Crippen molar-refractivity contribution in [2.45, 2.75) is 6.67 Å². The third-order valence-electron chi connectivity index (χ3n) is 2.83. The third kappa shape index (κ3) is 2.33. The van der Waals surface area contributed by atoms with Crippen molar-refractivity contribution in [1.29, 1.82) is 0 Å². The molecule has 3 rings (SSSR count). The molecule has 0 saturated heterocycles. The quantitative estimate of drug-likeness (QED) is 0.731. The number of imidazole rings is 1. The summed E-state index contributed by atoms with van der Waals surface area (Å²) in [6.45, 7) is 0.723. The number of halogens is 1. The van der Waals surface area contributed by atoms with E-state index in [4.69, 9.17) is 0 Å². The van der Waals surface area contributed by atoms with Crippen molar-refractivity contribution < 1.29 is 0 Å². The lowest BCUT2D eigenvalue weighted by atomic mass is 10.3. The molecule has 1 aromatic heterocycles. The molecule has 0 unspecified atom stereocenters. The van der Waals surface area contributed by atoms with Crippen LogP contribution in [0, 0.1) is 3.57 Å². The molecule has 0 aliphatic heterocycles. The molecule has 3 aromatic rings. The maximum absolute atomic E-state index is 4.37. The van der Waals surface area contributed by atoms with E-state index >= 15 is 0 Å². The van der Waals surface area contributed by atoms with Crippen LogP contribution in [0.5, 0.6) is 0 Å². The maximum atomic E-state index is 4.37. The average Bonchev–Trinajstić information content (AvgIpc) is 2.82. The van der Waals surface area contributed by atoms with E-state index in [1.807, 2.05) is 24.5 Å². The highest BCUT2D eigenvalue weighted by Gasteiger charge is 2.00. The number of hydrogen-bond donors (Lipinski definition) is 1. The van der Waals surface area contributed by atoms with Gasteiger partial charge in [-0.3, -0.25) is 0 Å². The van der Waals surface area contributed by atoms with Gasteiger partial charge >= 0.3 is 0 Å². The Hall–Kier alpha value is -1.56. The van der Waals surface area contributed by atoms with Gasteiger partial charge in [0.25, 0.3) is 0 Å². The Morgan fingerprint density at radius 1 is 1.06 bits per heavy atom. The van der Waals surface area contributed by atoms with Gasteiger partial charge in [-0.05, 0) is 59.0 Å². The van der Waals surface area contributed by atoms with Crippen molar-refractivity contribution in [3.8, 4) is 0 Å². The van der Waals surface area contributed by atoms with Gasteiger partial charge in [0, 0.05) is 9.26 Å². The number of para-hydroxylation sites is 2. The highest BCUT2D eigenvalue weighted by molar-refractivity contribution is 14.1. The van der Waals surface area contributed by atoms with Crippen molar-refractivity contribution in [1.82, 2.24) is 9.55 Å². The fourth-order valence-corrected chi connectivity index (χ4v) is 2.24. The smallest absolute Gasteiger partial charge is 0.0973 e. The number of hydrogen-bond acceptors (Lipinski definition) is 2. The van der Waals surface area contributed by atoms with Crippen molar-refractivity contribution in [3.63, 3.8) is 0 Å². The first kappa shape index (κ1) is 11.5. The molecule has 0 radical (unpaired) electrons. The van der Waals surface area contributed by atoms with Crippen molar-refractivity contribution in [2.24, 2.45) is 0 Å². The van der Waals surface area contributed by atoms with Gasteiger partial charge in [-0.15, -0.1) is 0 Å². The van der Waals surface area contributed by atoms with Crippen LogP contribution in [0.25, 0.3) is 11.0 Å².